The van der Waals surface area contributed by atoms with Crippen molar-refractivity contribution in [2.75, 3.05) is 19.5 Å². The maximum Gasteiger partial charge on any atom is 0.323 e. The van der Waals surface area contributed by atoms with Gasteiger partial charge in [-0.05, 0) is 12.1 Å². The summed E-state index contributed by atoms with van der Waals surface area (Å²) < 4.78 is 10.7. The van der Waals surface area contributed by atoms with E-state index in [1.807, 2.05) is 35.7 Å². The lowest BCUT2D eigenvalue weighted by Gasteiger charge is -2.15. The molecule has 0 fully saturated rings. The fourth-order valence-electron chi connectivity index (χ4n) is 2.19. The molecule has 0 radical (unpaired) electrons. The number of carbonyl (C=O) groups excluding carboxylic acids is 1. The summed E-state index contributed by atoms with van der Waals surface area (Å²) in [5, 5.41) is 6.21. The number of rotatable bonds is 5. The van der Waals surface area contributed by atoms with E-state index in [0.29, 0.717) is 18.3 Å². The van der Waals surface area contributed by atoms with Gasteiger partial charge in [-0.3, -0.25) is 5.32 Å². The van der Waals surface area contributed by atoms with Crippen LogP contribution in [0.15, 0.2) is 40.1 Å². The Bertz CT molecular complexity index is 779. The first-order valence-corrected chi connectivity index (χ1v) is 7.96. The van der Waals surface area contributed by atoms with Crippen molar-refractivity contribution in [3.05, 3.63) is 47.2 Å². The number of fused-ring (bicyclic) bond motifs is 1. The molecule has 7 heteroatoms. The van der Waals surface area contributed by atoms with Gasteiger partial charge < -0.3 is 14.1 Å². The minimum atomic E-state index is -0.233. The number of thiazole rings is 1. The van der Waals surface area contributed by atoms with Gasteiger partial charge in [0.15, 0.2) is 5.13 Å². The molecule has 2 aromatic heterocycles. The van der Waals surface area contributed by atoms with Crippen molar-refractivity contribution < 1.29 is 13.9 Å². The standard InChI is InChI=1S/C16H17N3O3S/c1-19(8-13-7-11-5-3-4-6-14(11)22-13)16(20)18-15-17-12(9-21-2)10-23-15/h3-7,10H,8-9H2,1-2H3,(H,17,18,20). The number of anilines is 1. The predicted molar refractivity (Wildman–Crippen MR) is 89.5 cm³/mol. The van der Waals surface area contributed by atoms with Crippen LogP contribution in [0.1, 0.15) is 11.5 Å². The van der Waals surface area contributed by atoms with Gasteiger partial charge in [0.2, 0.25) is 0 Å². The Morgan fingerprint density at radius 3 is 3.04 bits per heavy atom. The van der Waals surface area contributed by atoms with Gasteiger partial charge in [-0.1, -0.05) is 18.2 Å². The number of hydrogen-bond acceptors (Lipinski definition) is 5. The highest BCUT2D eigenvalue weighted by atomic mass is 32.1. The number of hydrogen-bond donors (Lipinski definition) is 1. The number of furan rings is 1. The average Bonchev–Trinajstić information content (AvgIpc) is 3.13. The smallest absolute Gasteiger partial charge is 0.323 e. The molecule has 2 heterocycles. The van der Waals surface area contributed by atoms with Crippen LogP contribution in [0.4, 0.5) is 9.93 Å². The molecule has 3 aromatic rings. The van der Waals surface area contributed by atoms with Crippen molar-refractivity contribution in [2.24, 2.45) is 0 Å². The lowest BCUT2D eigenvalue weighted by atomic mass is 10.2. The fraction of sp³-hybridized carbons (Fsp3) is 0.250. The molecular formula is C16H17N3O3S. The number of nitrogens with one attached hydrogen (secondary N) is 1. The third-order valence-electron chi connectivity index (χ3n) is 3.27. The number of urea groups is 1. The molecule has 1 aromatic carbocycles. The Balaban J connectivity index is 1.62. The summed E-state index contributed by atoms with van der Waals surface area (Å²) in [5.41, 5.74) is 1.62. The Kier molecular flexibility index (Phi) is 4.59. The van der Waals surface area contributed by atoms with Gasteiger partial charge in [0.1, 0.15) is 11.3 Å². The number of amides is 2. The van der Waals surface area contributed by atoms with E-state index >= 15 is 0 Å². The monoisotopic (exact) mass is 331 g/mol. The van der Waals surface area contributed by atoms with Gasteiger partial charge in [0.25, 0.3) is 0 Å². The first-order valence-electron chi connectivity index (χ1n) is 7.08. The van der Waals surface area contributed by atoms with E-state index in [-0.39, 0.29) is 6.03 Å². The molecule has 0 unspecified atom stereocenters. The van der Waals surface area contributed by atoms with Crippen LogP contribution in [-0.2, 0) is 17.9 Å². The first-order chi connectivity index (χ1) is 11.2. The number of nitrogens with zero attached hydrogens (tertiary/aromatic N) is 2. The largest absolute Gasteiger partial charge is 0.459 e. The van der Waals surface area contributed by atoms with E-state index in [2.05, 4.69) is 10.3 Å². The summed E-state index contributed by atoms with van der Waals surface area (Å²) in [6.07, 6.45) is 0. The highest BCUT2D eigenvalue weighted by Crippen LogP contribution is 2.20. The van der Waals surface area contributed by atoms with Gasteiger partial charge >= 0.3 is 6.03 Å². The zero-order chi connectivity index (χ0) is 16.2. The average molecular weight is 331 g/mol. The summed E-state index contributed by atoms with van der Waals surface area (Å²) >= 11 is 1.37. The van der Waals surface area contributed by atoms with Crippen LogP contribution in [0.25, 0.3) is 11.0 Å². The maximum absolute atomic E-state index is 12.2. The molecule has 2 amide bonds. The molecular weight excluding hydrogens is 314 g/mol. The van der Waals surface area contributed by atoms with Crippen molar-refractivity contribution in [2.45, 2.75) is 13.2 Å². The van der Waals surface area contributed by atoms with Gasteiger partial charge in [0.05, 0.1) is 18.8 Å². The Hall–Kier alpha value is -2.38. The minimum absolute atomic E-state index is 0.233. The Morgan fingerprint density at radius 2 is 2.26 bits per heavy atom. The molecule has 3 rings (SSSR count). The molecule has 6 nitrogen and oxygen atoms in total. The van der Waals surface area contributed by atoms with E-state index in [9.17, 15) is 4.79 Å². The van der Waals surface area contributed by atoms with Gasteiger partial charge in [-0.15, -0.1) is 11.3 Å². The third kappa shape index (κ3) is 3.69. The number of carbonyl (C=O) groups is 1. The van der Waals surface area contributed by atoms with Crippen molar-refractivity contribution in [3.8, 4) is 0 Å². The van der Waals surface area contributed by atoms with E-state index in [1.165, 1.54) is 11.3 Å². The molecule has 1 N–H and O–H groups in total. The molecule has 0 aliphatic rings. The summed E-state index contributed by atoms with van der Waals surface area (Å²) in [7, 11) is 3.32. The molecule has 0 saturated heterocycles. The molecule has 0 bridgehead atoms. The SMILES string of the molecule is COCc1csc(NC(=O)N(C)Cc2cc3ccccc3o2)n1. The predicted octanol–water partition coefficient (Wildman–Crippen LogP) is 3.70. The van der Waals surface area contributed by atoms with E-state index in [1.54, 1.807) is 19.1 Å². The highest BCUT2D eigenvalue weighted by molar-refractivity contribution is 7.13. The number of benzene rings is 1. The van der Waals surface area contributed by atoms with E-state index < -0.39 is 0 Å². The van der Waals surface area contributed by atoms with Crippen LogP contribution < -0.4 is 5.32 Å². The second-order valence-electron chi connectivity index (χ2n) is 5.11. The molecule has 120 valence electrons. The minimum Gasteiger partial charge on any atom is -0.459 e. The zero-order valence-electron chi connectivity index (χ0n) is 12.9. The van der Waals surface area contributed by atoms with Crippen molar-refractivity contribution in [1.82, 2.24) is 9.88 Å². The second kappa shape index (κ2) is 6.80. The van der Waals surface area contributed by atoms with E-state index in [0.717, 1.165) is 22.4 Å². The quantitative estimate of drug-likeness (QED) is 0.774. The van der Waals surface area contributed by atoms with Gasteiger partial charge in [-0.25, -0.2) is 9.78 Å². The lowest BCUT2D eigenvalue weighted by Crippen LogP contribution is -2.30. The van der Waals surface area contributed by atoms with Gasteiger partial charge in [0, 0.05) is 24.9 Å². The van der Waals surface area contributed by atoms with Crippen LogP contribution in [0.3, 0.4) is 0 Å². The summed E-state index contributed by atoms with van der Waals surface area (Å²) in [4.78, 5) is 18.0. The number of aromatic nitrogens is 1. The van der Waals surface area contributed by atoms with Crippen LogP contribution in [0.5, 0.6) is 0 Å². The first kappa shape index (κ1) is 15.5. The third-order valence-corrected chi connectivity index (χ3v) is 4.08. The normalized spacial score (nSPS) is 10.9. The van der Waals surface area contributed by atoms with Crippen LogP contribution in [0.2, 0.25) is 0 Å². The summed E-state index contributed by atoms with van der Waals surface area (Å²) in [5.74, 6) is 0.739. The van der Waals surface area contributed by atoms with E-state index in [4.69, 9.17) is 9.15 Å². The van der Waals surface area contributed by atoms with Crippen LogP contribution in [-0.4, -0.2) is 30.1 Å². The molecule has 0 aliphatic heterocycles. The number of methoxy groups -OCH3 is 1. The zero-order valence-corrected chi connectivity index (χ0v) is 13.7. The van der Waals surface area contributed by atoms with Gasteiger partial charge in [-0.2, -0.15) is 0 Å². The maximum atomic E-state index is 12.2. The molecule has 0 atom stereocenters. The van der Waals surface area contributed by atoms with Crippen LogP contribution in [0, 0.1) is 0 Å². The lowest BCUT2D eigenvalue weighted by molar-refractivity contribution is 0.182. The fourth-order valence-corrected chi connectivity index (χ4v) is 2.87. The summed E-state index contributed by atoms with van der Waals surface area (Å²) in [6.45, 7) is 0.817. The molecule has 0 saturated carbocycles. The highest BCUT2D eigenvalue weighted by Gasteiger charge is 2.14. The molecule has 0 aliphatic carbocycles. The molecule has 0 spiro atoms. The number of para-hydroxylation sites is 1. The van der Waals surface area contributed by atoms with Crippen LogP contribution >= 0.6 is 11.3 Å². The Morgan fingerprint density at radius 1 is 1.43 bits per heavy atom. The van der Waals surface area contributed by atoms with Crippen molar-refractivity contribution >= 4 is 33.5 Å². The topological polar surface area (TPSA) is 67.6 Å². The molecule has 23 heavy (non-hydrogen) atoms. The Labute approximate surface area is 137 Å². The summed E-state index contributed by atoms with van der Waals surface area (Å²) in [6, 6.07) is 9.48. The van der Waals surface area contributed by atoms with Crippen molar-refractivity contribution in [1.29, 1.82) is 0 Å². The number of ether oxygens (including phenoxy) is 1. The van der Waals surface area contributed by atoms with Crippen molar-refractivity contribution in [3.63, 3.8) is 0 Å². The second-order valence-corrected chi connectivity index (χ2v) is 5.97.